The van der Waals surface area contributed by atoms with Crippen molar-refractivity contribution in [3.63, 3.8) is 0 Å². The van der Waals surface area contributed by atoms with Crippen LogP contribution in [0.2, 0.25) is 0 Å². The van der Waals surface area contributed by atoms with E-state index in [2.05, 4.69) is 12.2 Å². The van der Waals surface area contributed by atoms with Crippen LogP contribution in [0.3, 0.4) is 0 Å². The van der Waals surface area contributed by atoms with Gasteiger partial charge < -0.3 is 19.4 Å². The standard InChI is InChI=1S/C24H31N3O4/c1-17-7-9-20-22(14-17)30-16-23(28)27(20)15-19-8-10-21(31-19)24(29)25-11-5-13-26-12-4-3-6-18(26)2/h7-10,14,18H,3-6,11-13,15-16H2,1-2H3,(H,25,29)/p+1/t18-/m0/s1. The summed E-state index contributed by atoms with van der Waals surface area (Å²) < 4.78 is 11.3. The predicted molar refractivity (Wildman–Crippen MR) is 118 cm³/mol. The van der Waals surface area contributed by atoms with Crippen molar-refractivity contribution < 1.29 is 23.6 Å². The van der Waals surface area contributed by atoms with Gasteiger partial charge in [0.1, 0.15) is 11.5 Å². The van der Waals surface area contributed by atoms with Crippen LogP contribution in [0.25, 0.3) is 0 Å². The van der Waals surface area contributed by atoms with E-state index in [9.17, 15) is 9.59 Å². The van der Waals surface area contributed by atoms with Crippen molar-refractivity contribution in [2.75, 3.05) is 31.1 Å². The molecule has 2 aliphatic heterocycles. The summed E-state index contributed by atoms with van der Waals surface area (Å²) in [5.74, 6) is 1.19. The molecule has 0 radical (unpaired) electrons. The van der Waals surface area contributed by atoms with E-state index in [-0.39, 0.29) is 30.7 Å². The summed E-state index contributed by atoms with van der Waals surface area (Å²) in [7, 11) is 0. The third-order valence-electron chi connectivity index (χ3n) is 6.30. The molecule has 1 unspecified atom stereocenters. The molecule has 7 nitrogen and oxygen atoms in total. The molecule has 2 N–H and O–H groups in total. The van der Waals surface area contributed by atoms with Crippen molar-refractivity contribution in [3.8, 4) is 5.75 Å². The van der Waals surface area contributed by atoms with E-state index in [4.69, 9.17) is 9.15 Å². The molecular formula is C24H32N3O4+. The molecular weight excluding hydrogens is 394 g/mol. The maximum Gasteiger partial charge on any atom is 0.286 e. The number of hydrogen-bond acceptors (Lipinski definition) is 4. The molecule has 1 saturated heterocycles. The Morgan fingerprint density at radius 3 is 2.97 bits per heavy atom. The van der Waals surface area contributed by atoms with Gasteiger partial charge in [-0.1, -0.05) is 6.07 Å². The monoisotopic (exact) mass is 426 g/mol. The van der Waals surface area contributed by atoms with Crippen LogP contribution >= 0.6 is 0 Å². The number of amides is 2. The number of ether oxygens (including phenoxy) is 1. The Morgan fingerprint density at radius 2 is 2.13 bits per heavy atom. The van der Waals surface area contributed by atoms with Crippen molar-refractivity contribution in [1.29, 1.82) is 0 Å². The second-order valence-corrected chi connectivity index (χ2v) is 8.67. The van der Waals surface area contributed by atoms with Crippen LogP contribution in [0.15, 0.2) is 34.7 Å². The second-order valence-electron chi connectivity index (χ2n) is 8.67. The fraction of sp³-hybridized carbons (Fsp3) is 0.500. The number of anilines is 1. The van der Waals surface area contributed by atoms with Crippen LogP contribution < -0.4 is 19.9 Å². The van der Waals surface area contributed by atoms with Gasteiger partial charge in [-0.3, -0.25) is 14.5 Å². The molecule has 4 rings (SSSR count). The molecule has 2 aliphatic rings. The fourth-order valence-corrected chi connectivity index (χ4v) is 4.45. The van der Waals surface area contributed by atoms with Crippen molar-refractivity contribution >= 4 is 17.5 Å². The number of nitrogens with one attached hydrogen (secondary N) is 2. The van der Waals surface area contributed by atoms with Gasteiger partial charge in [-0.05, 0) is 62.9 Å². The summed E-state index contributed by atoms with van der Waals surface area (Å²) >= 11 is 0. The van der Waals surface area contributed by atoms with Gasteiger partial charge in [0, 0.05) is 13.0 Å². The van der Waals surface area contributed by atoms with E-state index in [1.807, 2.05) is 25.1 Å². The highest BCUT2D eigenvalue weighted by Crippen LogP contribution is 2.34. The molecule has 0 bridgehead atoms. The summed E-state index contributed by atoms with van der Waals surface area (Å²) in [6, 6.07) is 9.88. The number of nitrogens with zero attached hydrogens (tertiary/aromatic N) is 1. The molecule has 0 spiro atoms. The van der Waals surface area contributed by atoms with E-state index in [1.54, 1.807) is 21.9 Å². The predicted octanol–water partition coefficient (Wildman–Crippen LogP) is 2.09. The lowest BCUT2D eigenvalue weighted by atomic mass is 10.0. The number of quaternary nitrogens is 1. The normalized spacial score (nSPS) is 20.8. The number of furan rings is 1. The summed E-state index contributed by atoms with van der Waals surface area (Å²) in [5.41, 5.74) is 1.79. The number of piperidine rings is 1. The molecule has 2 atom stereocenters. The zero-order valence-corrected chi connectivity index (χ0v) is 18.4. The second kappa shape index (κ2) is 9.56. The Morgan fingerprint density at radius 1 is 1.26 bits per heavy atom. The molecule has 7 heteroatoms. The van der Waals surface area contributed by atoms with Crippen molar-refractivity contribution in [3.05, 3.63) is 47.4 Å². The molecule has 2 aromatic rings. The smallest absolute Gasteiger partial charge is 0.286 e. The highest BCUT2D eigenvalue weighted by Gasteiger charge is 2.27. The molecule has 2 amide bonds. The molecule has 1 aromatic heterocycles. The molecule has 0 saturated carbocycles. The largest absolute Gasteiger partial charge is 0.482 e. The highest BCUT2D eigenvalue weighted by atomic mass is 16.5. The van der Waals surface area contributed by atoms with Gasteiger partial charge in [-0.15, -0.1) is 0 Å². The quantitative estimate of drug-likeness (QED) is 0.665. The summed E-state index contributed by atoms with van der Waals surface area (Å²) in [6.07, 6.45) is 4.89. The highest BCUT2D eigenvalue weighted by molar-refractivity contribution is 5.97. The first kappa shape index (κ1) is 21.4. The van der Waals surface area contributed by atoms with Gasteiger partial charge in [0.15, 0.2) is 12.4 Å². The lowest BCUT2D eigenvalue weighted by molar-refractivity contribution is -0.928. The van der Waals surface area contributed by atoms with Gasteiger partial charge in [-0.25, -0.2) is 0 Å². The first-order valence-electron chi connectivity index (χ1n) is 11.3. The third kappa shape index (κ3) is 5.10. The number of carbonyl (C=O) groups excluding carboxylic acids is 2. The number of rotatable bonds is 7. The Labute approximate surface area is 183 Å². The van der Waals surface area contributed by atoms with E-state index < -0.39 is 0 Å². The van der Waals surface area contributed by atoms with Gasteiger partial charge in [0.25, 0.3) is 11.8 Å². The van der Waals surface area contributed by atoms with E-state index in [1.165, 1.54) is 25.8 Å². The van der Waals surface area contributed by atoms with Crippen molar-refractivity contribution in [1.82, 2.24) is 5.32 Å². The summed E-state index contributed by atoms with van der Waals surface area (Å²) in [5, 5.41) is 2.95. The minimum absolute atomic E-state index is 0.00211. The zero-order chi connectivity index (χ0) is 21.8. The lowest BCUT2D eigenvalue weighted by Crippen LogP contribution is -3.16. The topological polar surface area (TPSA) is 76.2 Å². The SMILES string of the molecule is Cc1ccc2c(c1)OCC(=O)N2Cc1ccc(C(=O)NCCC[NH+]2CCCC[C@@H]2C)o1. The first-order chi connectivity index (χ1) is 15.0. The maximum atomic E-state index is 12.5. The Kier molecular flexibility index (Phi) is 6.61. The molecule has 1 fully saturated rings. The Balaban J connectivity index is 1.30. The van der Waals surface area contributed by atoms with Crippen LogP contribution in [-0.4, -0.2) is 44.1 Å². The van der Waals surface area contributed by atoms with Crippen LogP contribution in [0.5, 0.6) is 5.75 Å². The zero-order valence-electron chi connectivity index (χ0n) is 18.4. The summed E-state index contributed by atoms with van der Waals surface area (Å²) in [4.78, 5) is 28.1. The number of fused-ring (bicyclic) bond motifs is 1. The molecule has 166 valence electrons. The molecule has 31 heavy (non-hydrogen) atoms. The average Bonchev–Trinajstić information content (AvgIpc) is 3.23. The summed E-state index contributed by atoms with van der Waals surface area (Å²) in [6.45, 7) is 7.53. The Bertz CT molecular complexity index is 939. The first-order valence-corrected chi connectivity index (χ1v) is 11.3. The number of aryl methyl sites for hydroxylation is 1. The van der Waals surface area contributed by atoms with Crippen LogP contribution in [0, 0.1) is 6.92 Å². The minimum Gasteiger partial charge on any atom is -0.482 e. The number of likely N-dealkylation sites (tertiary alicyclic amines) is 1. The number of hydrogen-bond donors (Lipinski definition) is 2. The third-order valence-corrected chi connectivity index (χ3v) is 6.30. The van der Waals surface area contributed by atoms with Gasteiger partial charge in [0.2, 0.25) is 0 Å². The molecule has 3 heterocycles. The Hall–Kier alpha value is -2.80. The number of carbonyl (C=O) groups is 2. The van der Waals surface area contributed by atoms with Crippen LogP contribution in [0.4, 0.5) is 5.69 Å². The molecule has 0 aliphatic carbocycles. The number of benzene rings is 1. The van der Waals surface area contributed by atoms with Crippen LogP contribution in [-0.2, 0) is 11.3 Å². The van der Waals surface area contributed by atoms with E-state index in [0.29, 0.717) is 24.1 Å². The van der Waals surface area contributed by atoms with Gasteiger partial charge in [-0.2, -0.15) is 0 Å². The molecule has 1 aromatic carbocycles. The van der Waals surface area contributed by atoms with Gasteiger partial charge >= 0.3 is 0 Å². The van der Waals surface area contributed by atoms with E-state index in [0.717, 1.165) is 24.2 Å². The van der Waals surface area contributed by atoms with Gasteiger partial charge in [0.05, 0.1) is 31.4 Å². The average molecular weight is 427 g/mol. The van der Waals surface area contributed by atoms with Crippen molar-refractivity contribution in [2.45, 2.75) is 52.1 Å². The minimum atomic E-state index is -0.211. The van der Waals surface area contributed by atoms with Crippen molar-refractivity contribution in [2.24, 2.45) is 0 Å². The van der Waals surface area contributed by atoms with Crippen LogP contribution in [0.1, 0.15) is 54.5 Å². The fourth-order valence-electron chi connectivity index (χ4n) is 4.45. The van der Waals surface area contributed by atoms with E-state index >= 15 is 0 Å². The lowest BCUT2D eigenvalue weighted by Gasteiger charge is -2.30. The maximum absolute atomic E-state index is 12.5.